The van der Waals surface area contributed by atoms with Crippen LogP contribution >= 0.6 is 0 Å². The van der Waals surface area contributed by atoms with Crippen LogP contribution in [0.3, 0.4) is 0 Å². The Bertz CT molecular complexity index is 991. The number of anilines is 1. The van der Waals surface area contributed by atoms with Gasteiger partial charge in [0.2, 0.25) is 0 Å². The van der Waals surface area contributed by atoms with E-state index in [9.17, 15) is 14.4 Å². The van der Waals surface area contributed by atoms with Crippen LogP contribution in [0.5, 0.6) is 0 Å². The molecule has 0 saturated carbocycles. The number of hydrogen-bond donors (Lipinski definition) is 1. The number of likely N-dealkylation sites (tertiary alicyclic amines) is 1. The zero-order valence-electron chi connectivity index (χ0n) is 17.3. The van der Waals surface area contributed by atoms with E-state index in [4.69, 9.17) is 4.74 Å². The Labute approximate surface area is 175 Å². The Morgan fingerprint density at radius 1 is 1.23 bits per heavy atom. The third-order valence-electron chi connectivity index (χ3n) is 6.02. The fourth-order valence-corrected chi connectivity index (χ4v) is 4.95. The van der Waals surface area contributed by atoms with Crippen molar-refractivity contribution >= 4 is 23.5 Å². The van der Waals surface area contributed by atoms with Gasteiger partial charge in [-0.25, -0.2) is 0 Å². The maximum atomic E-state index is 13.7. The molecule has 0 aliphatic carbocycles. The number of pyridine rings is 1. The molecule has 4 rings (SSSR count). The van der Waals surface area contributed by atoms with E-state index in [-0.39, 0.29) is 29.5 Å². The first kappa shape index (κ1) is 20.1. The number of aromatic nitrogens is 1. The van der Waals surface area contributed by atoms with E-state index in [1.807, 2.05) is 12.1 Å². The minimum Gasteiger partial charge on any atom is -0.469 e. The number of ether oxygens (including phenoxy) is 1. The number of para-hydroxylation sites is 1. The first-order valence-corrected chi connectivity index (χ1v) is 10.1. The number of amides is 2. The number of hydrogen-bond acceptors (Lipinski definition) is 5. The summed E-state index contributed by atoms with van der Waals surface area (Å²) < 4.78 is 5.10. The van der Waals surface area contributed by atoms with Crippen molar-refractivity contribution in [1.29, 1.82) is 0 Å². The first-order chi connectivity index (χ1) is 14.4. The molecule has 0 unspecified atom stereocenters. The van der Waals surface area contributed by atoms with E-state index in [1.165, 1.54) is 7.11 Å². The number of esters is 1. The molecule has 1 aromatic heterocycles. The zero-order valence-corrected chi connectivity index (χ0v) is 17.3. The lowest BCUT2D eigenvalue weighted by Gasteiger charge is -2.39. The maximum Gasteiger partial charge on any atom is 0.312 e. The summed E-state index contributed by atoms with van der Waals surface area (Å²) in [6.45, 7) is 4.12. The lowest BCUT2D eigenvalue weighted by Crippen LogP contribution is -2.56. The van der Waals surface area contributed by atoms with Crippen molar-refractivity contribution in [2.45, 2.75) is 38.3 Å². The van der Waals surface area contributed by atoms with E-state index in [0.29, 0.717) is 24.1 Å². The molecule has 2 aliphatic heterocycles. The van der Waals surface area contributed by atoms with Gasteiger partial charge in [0.1, 0.15) is 5.69 Å². The highest BCUT2D eigenvalue weighted by Crippen LogP contribution is 2.54. The summed E-state index contributed by atoms with van der Waals surface area (Å²) in [6, 6.07) is 12.0. The van der Waals surface area contributed by atoms with Crippen molar-refractivity contribution < 1.29 is 19.1 Å². The number of rotatable bonds is 4. The van der Waals surface area contributed by atoms with Crippen LogP contribution < -0.4 is 5.32 Å². The van der Waals surface area contributed by atoms with Crippen LogP contribution in [-0.4, -0.2) is 40.8 Å². The standard InChI is InChI=1S/C23H25N3O4/c1-14(2)12-15-13-17(21(28)30-3)23(16-8-4-5-9-18(16)25-22(23)29)26(15)20(27)19-10-6-7-11-24-19/h4-11,14-15,17H,12-13H2,1-3H3,(H,25,29)/t15-,17-,23+/m1/s1. The van der Waals surface area contributed by atoms with Crippen molar-refractivity contribution in [2.24, 2.45) is 11.8 Å². The highest BCUT2D eigenvalue weighted by atomic mass is 16.5. The number of nitrogens with one attached hydrogen (secondary N) is 1. The third-order valence-corrected chi connectivity index (χ3v) is 6.02. The second-order valence-electron chi connectivity index (χ2n) is 8.25. The molecule has 2 aliphatic rings. The molecule has 1 saturated heterocycles. The third kappa shape index (κ3) is 2.88. The molecular weight excluding hydrogens is 382 g/mol. The van der Waals surface area contributed by atoms with Crippen LogP contribution in [0, 0.1) is 11.8 Å². The van der Waals surface area contributed by atoms with Crippen molar-refractivity contribution in [3.8, 4) is 0 Å². The Morgan fingerprint density at radius 2 is 1.97 bits per heavy atom. The lowest BCUT2D eigenvalue weighted by atomic mass is 9.79. The van der Waals surface area contributed by atoms with Crippen LogP contribution in [0.15, 0.2) is 48.7 Å². The number of fused-ring (bicyclic) bond motifs is 2. The second-order valence-corrected chi connectivity index (χ2v) is 8.25. The normalized spacial score (nSPS) is 24.8. The summed E-state index contributed by atoms with van der Waals surface area (Å²) in [7, 11) is 1.31. The average Bonchev–Trinajstić information content (AvgIpc) is 3.23. The monoisotopic (exact) mass is 407 g/mol. The fraction of sp³-hybridized carbons (Fsp3) is 0.391. The highest BCUT2D eigenvalue weighted by molar-refractivity contribution is 6.12. The van der Waals surface area contributed by atoms with E-state index in [1.54, 1.807) is 41.4 Å². The van der Waals surface area contributed by atoms with Gasteiger partial charge in [-0.05, 0) is 37.0 Å². The van der Waals surface area contributed by atoms with Gasteiger partial charge in [0, 0.05) is 23.5 Å². The number of nitrogens with zero attached hydrogens (tertiary/aromatic N) is 2. The molecule has 2 aromatic rings. The number of carbonyl (C=O) groups is 3. The van der Waals surface area contributed by atoms with Crippen molar-refractivity contribution in [2.75, 3.05) is 12.4 Å². The maximum absolute atomic E-state index is 13.7. The number of benzene rings is 1. The van der Waals surface area contributed by atoms with E-state index < -0.39 is 17.4 Å². The largest absolute Gasteiger partial charge is 0.469 e. The van der Waals surface area contributed by atoms with Crippen LogP contribution in [0.1, 0.15) is 42.7 Å². The zero-order chi connectivity index (χ0) is 21.5. The summed E-state index contributed by atoms with van der Waals surface area (Å²) >= 11 is 0. The highest BCUT2D eigenvalue weighted by Gasteiger charge is 2.66. The van der Waals surface area contributed by atoms with Gasteiger partial charge in [0.15, 0.2) is 5.54 Å². The Kier molecular flexibility index (Phi) is 5.05. The summed E-state index contributed by atoms with van der Waals surface area (Å²) in [4.78, 5) is 46.0. The quantitative estimate of drug-likeness (QED) is 0.787. The Morgan fingerprint density at radius 3 is 2.63 bits per heavy atom. The summed E-state index contributed by atoms with van der Waals surface area (Å²) in [6.07, 6.45) is 2.56. The Hall–Kier alpha value is -3.22. The molecule has 156 valence electrons. The van der Waals surface area contributed by atoms with E-state index in [2.05, 4.69) is 24.1 Å². The smallest absolute Gasteiger partial charge is 0.312 e. The van der Waals surface area contributed by atoms with Gasteiger partial charge in [0.25, 0.3) is 11.8 Å². The molecule has 7 heteroatoms. The molecule has 7 nitrogen and oxygen atoms in total. The summed E-state index contributed by atoms with van der Waals surface area (Å²) in [5.74, 6) is -1.77. The topological polar surface area (TPSA) is 88.6 Å². The van der Waals surface area contributed by atoms with Gasteiger partial charge < -0.3 is 15.0 Å². The molecule has 1 spiro atoms. The van der Waals surface area contributed by atoms with Crippen molar-refractivity contribution in [1.82, 2.24) is 9.88 Å². The molecule has 2 amide bonds. The van der Waals surface area contributed by atoms with Gasteiger partial charge in [-0.2, -0.15) is 0 Å². The van der Waals surface area contributed by atoms with Crippen molar-refractivity contribution in [3.63, 3.8) is 0 Å². The predicted molar refractivity (Wildman–Crippen MR) is 111 cm³/mol. The fourth-order valence-electron chi connectivity index (χ4n) is 4.95. The number of carbonyl (C=O) groups excluding carboxylic acids is 3. The van der Waals surface area contributed by atoms with Gasteiger partial charge in [-0.3, -0.25) is 19.4 Å². The van der Waals surface area contributed by atoms with Crippen molar-refractivity contribution in [3.05, 3.63) is 59.9 Å². The minimum absolute atomic E-state index is 0.244. The number of methoxy groups -OCH3 is 1. The molecule has 30 heavy (non-hydrogen) atoms. The van der Waals surface area contributed by atoms with Crippen LogP contribution in [0.25, 0.3) is 0 Å². The molecule has 1 fully saturated rings. The van der Waals surface area contributed by atoms with E-state index in [0.717, 1.165) is 0 Å². The molecular formula is C23H25N3O4. The Balaban J connectivity index is 1.95. The summed E-state index contributed by atoms with van der Waals surface area (Å²) in [5.41, 5.74) is 0.0207. The molecule has 1 aromatic carbocycles. The van der Waals surface area contributed by atoms with Crippen LogP contribution in [-0.2, 0) is 19.9 Å². The average molecular weight is 407 g/mol. The van der Waals surface area contributed by atoms with Gasteiger partial charge in [0.05, 0.1) is 13.0 Å². The molecule has 0 bridgehead atoms. The molecule has 3 atom stereocenters. The van der Waals surface area contributed by atoms with Gasteiger partial charge in [-0.15, -0.1) is 0 Å². The van der Waals surface area contributed by atoms with Gasteiger partial charge >= 0.3 is 5.97 Å². The lowest BCUT2D eigenvalue weighted by molar-refractivity contribution is -0.151. The summed E-state index contributed by atoms with van der Waals surface area (Å²) in [5, 5.41) is 2.89. The van der Waals surface area contributed by atoms with Crippen LogP contribution in [0.2, 0.25) is 0 Å². The molecule has 3 heterocycles. The second kappa shape index (κ2) is 7.55. The predicted octanol–water partition coefficient (Wildman–Crippen LogP) is 2.98. The molecule has 0 radical (unpaired) electrons. The SMILES string of the molecule is COC(=O)[C@H]1C[C@@H](CC(C)C)N(C(=O)c2ccccn2)[C@]12C(=O)Nc1ccccc12. The van der Waals surface area contributed by atoms with Crippen LogP contribution in [0.4, 0.5) is 5.69 Å². The molecule has 1 N–H and O–H groups in total. The minimum atomic E-state index is -1.46. The van der Waals surface area contributed by atoms with E-state index >= 15 is 0 Å². The van der Waals surface area contributed by atoms with Gasteiger partial charge in [-0.1, -0.05) is 38.1 Å². The first-order valence-electron chi connectivity index (χ1n) is 10.1.